The third kappa shape index (κ3) is 33.6. The van der Waals surface area contributed by atoms with Gasteiger partial charge in [0, 0.05) is 92.9 Å². The molecule has 38 heteroatoms. The molecule has 0 saturated heterocycles. The summed E-state index contributed by atoms with van der Waals surface area (Å²) in [6, 6.07) is 23.7. The Morgan fingerprint density at radius 2 is 0.960 bits per heavy atom. The second kappa shape index (κ2) is 53.1. The van der Waals surface area contributed by atoms with Crippen LogP contribution in [0, 0.1) is 34.0 Å². The highest BCUT2D eigenvalue weighted by Crippen LogP contribution is 2.35. The summed E-state index contributed by atoms with van der Waals surface area (Å²) in [5.74, 6) is 1.39. The maximum absolute atomic E-state index is 14.0. The Morgan fingerprint density at radius 3 is 1.41 bits per heavy atom. The molecule has 12 aromatic rings. The SMILES string of the molecule is C.C.C.C.C.C.C.C.CC(Oc1ccn2ncc(I)c2n1)c1cc(F)ccc1OCCN(C)C(=O)OC(C)(C)C.CNCCOc1ccc(F)cc1C(C)Oc1ccn2ncc(I)c2n1.C[C@@H](O)c1cc(F)ccc1OCCN(C)C(=O)OC(C)(C)C.C[C@H]1Oc2ccn3ncc(c3n2)C(=O)N(C)CCOc2ccc(F)cc21.Cl.Clc1ccn2ncc(I)c2n1. The lowest BCUT2D eigenvalue weighted by Gasteiger charge is -2.25. The van der Waals surface area contributed by atoms with Crippen molar-refractivity contribution >= 4 is 132 Å². The quantitative estimate of drug-likeness (QED) is 0.0329. The first-order valence-corrected chi connectivity index (χ1v) is 39.8. The molecule has 1 aliphatic heterocycles. The van der Waals surface area contributed by atoms with E-state index in [1.54, 1.807) is 155 Å². The van der Waals surface area contributed by atoms with Gasteiger partial charge in [0.15, 0.2) is 22.6 Å². The van der Waals surface area contributed by atoms with E-state index >= 15 is 0 Å². The van der Waals surface area contributed by atoms with Gasteiger partial charge in [-0.05, 0) is 223 Å². The van der Waals surface area contributed by atoms with Gasteiger partial charge in [0.05, 0.1) is 61.2 Å². The highest BCUT2D eigenvalue weighted by Gasteiger charge is 2.26. The van der Waals surface area contributed by atoms with Gasteiger partial charge in [-0.15, -0.1) is 12.4 Å². The van der Waals surface area contributed by atoms with Gasteiger partial charge in [-0.25, -0.2) is 50.2 Å². The van der Waals surface area contributed by atoms with Gasteiger partial charge < -0.3 is 67.8 Å². The Labute approximate surface area is 783 Å². The number of fused-ring (bicyclic) bond motifs is 5. The number of likely N-dealkylation sites (N-methyl/N-ethyl adjacent to an activating group) is 4. The van der Waals surface area contributed by atoms with E-state index in [0.29, 0.717) is 118 Å². The Hall–Kier alpha value is -9.62. The van der Waals surface area contributed by atoms with Crippen LogP contribution in [0.4, 0.5) is 27.2 Å². The van der Waals surface area contributed by atoms with Crippen LogP contribution in [0.2, 0.25) is 5.15 Å². The molecule has 13 rings (SSSR count). The molecule has 9 heterocycles. The average molecular weight is 2130 g/mol. The van der Waals surface area contributed by atoms with Gasteiger partial charge in [0.1, 0.15) is 113 Å². The summed E-state index contributed by atoms with van der Waals surface area (Å²) in [6.07, 6.45) is 10.5. The van der Waals surface area contributed by atoms with Crippen LogP contribution in [0.5, 0.6) is 40.6 Å². The number of halogens is 9. The zero-order valence-electron chi connectivity index (χ0n) is 66.3. The second-order valence-corrected chi connectivity index (χ2v) is 31.7. The van der Waals surface area contributed by atoms with E-state index in [9.17, 15) is 37.1 Å². The van der Waals surface area contributed by atoms with Crippen LogP contribution < -0.4 is 38.5 Å². The molecular formula is C87H121Cl2F4I3N16O13. The first-order chi connectivity index (χ1) is 55.0. The Morgan fingerprint density at radius 1 is 0.568 bits per heavy atom. The predicted molar refractivity (Wildman–Crippen MR) is 510 cm³/mol. The van der Waals surface area contributed by atoms with E-state index in [4.69, 9.17) is 54.2 Å². The standard InChI is InChI=1S/C22H26FIN4O4.C18H17FN4O3.C17H18FIN4O2.C16H24FNO4.C6H3ClIN3.8CH4.ClH/c1-14(31-19-8-9-28-20(26-19)17(24)13-25-28)16-12-15(23)6-7-18(16)30-11-10-27(5)21(29)32-22(2,3)4;1-11-13-9-12(19)3-4-15(13)25-8-7-22(2)18(24)14-10-20-23-6-5-16(26-11)21-17(14)23;1-11(13-9-12(18)3-4-15(13)24-8-6-20-2)25-16-5-7-23-17(22-16)14(19)10-21-23;1-11(19)13-10-12(17)6-7-14(13)21-9-8-18(5)15(20)22-16(2,3)4;7-5-1-2-11-6(10-5)4(8)3-9-11;;;;;;;;;/h6-9,12-14H,10-11H2,1-5H3;3-6,9-11H,7-8H2,1-2H3;3-5,7,9-11,20H,6,8H2,1-2H3;6-7,10-11,19H,8-9H2,1-5H3;1-3H;8*1H4;1H/t;11-;;11-;;;;;;;;;;/m.1.1........../s1. The lowest BCUT2D eigenvalue weighted by atomic mass is 10.1. The zero-order chi connectivity index (χ0) is 84.3. The fourth-order valence-electron chi connectivity index (χ4n) is 10.6. The molecule has 0 fully saturated rings. The molecule has 690 valence electrons. The number of hydrogen-bond donors (Lipinski definition) is 2. The number of hydrogen-bond acceptors (Lipinski definition) is 22. The smallest absolute Gasteiger partial charge is 0.410 e. The van der Waals surface area contributed by atoms with Gasteiger partial charge in [0.25, 0.3) is 5.91 Å². The van der Waals surface area contributed by atoms with Crippen LogP contribution in [0.15, 0.2) is 147 Å². The number of carbonyl (C=O) groups excluding carboxylic acids is 3. The Balaban J connectivity index is 0.00000155. The van der Waals surface area contributed by atoms with E-state index in [0.717, 1.165) is 22.0 Å². The molecule has 0 saturated carbocycles. The number of nitrogens with one attached hydrogen (secondary N) is 1. The molecule has 2 N–H and O–H groups in total. The maximum atomic E-state index is 14.0. The highest BCUT2D eigenvalue weighted by molar-refractivity contribution is 14.1. The fourth-order valence-corrected chi connectivity index (χ4v) is 12.2. The van der Waals surface area contributed by atoms with Crippen molar-refractivity contribution in [3.05, 3.63) is 214 Å². The van der Waals surface area contributed by atoms with Crippen LogP contribution in [0.3, 0.4) is 0 Å². The van der Waals surface area contributed by atoms with Crippen molar-refractivity contribution in [2.75, 3.05) is 80.8 Å². The molecule has 2 bridgehead atoms. The Bertz CT molecular complexity index is 5350. The predicted octanol–water partition coefficient (Wildman–Crippen LogP) is 21.2. The number of rotatable bonds is 19. The van der Waals surface area contributed by atoms with Crippen molar-refractivity contribution < 1.29 is 79.7 Å². The second-order valence-electron chi connectivity index (χ2n) is 27.9. The normalized spacial score (nSPS) is 12.5. The first-order valence-electron chi connectivity index (χ1n) is 36.2. The fraction of sp³-hybridized carbons (Fsp3) is 0.414. The molecule has 3 amide bonds. The number of amides is 3. The molecule has 1 aliphatic rings. The monoisotopic (exact) mass is 2120 g/mol. The van der Waals surface area contributed by atoms with Gasteiger partial charge in [-0.2, -0.15) is 35.3 Å². The van der Waals surface area contributed by atoms with Gasteiger partial charge in [0.2, 0.25) is 17.6 Å². The largest absolute Gasteiger partial charge is 0.492 e. The Kier molecular flexibility index (Phi) is 49.0. The van der Waals surface area contributed by atoms with Crippen molar-refractivity contribution in [1.29, 1.82) is 0 Å². The minimum Gasteiger partial charge on any atom is -0.492 e. The molecular weight excluding hydrogens is 2000 g/mol. The number of aliphatic hydroxyl groups excluding tert-OH is 1. The summed E-state index contributed by atoms with van der Waals surface area (Å²) < 4.78 is 115. The summed E-state index contributed by atoms with van der Waals surface area (Å²) in [4.78, 5) is 58.3. The first kappa shape index (κ1) is 115. The number of ether oxygens (including phenoxy) is 9. The summed E-state index contributed by atoms with van der Waals surface area (Å²) >= 11 is 12.2. The number of nitrogens with zero attached hydrogens (tertiary/aromatic N) is 15. The van der Waals surface area contributed by atoms with Crippen LogP contribution in [0.25, 0.3) is 22.6 Å². The third-order valence-electron chi connectivity index (χ3n) is 16.4. The molecule has 8 aromatic heterocycles. The van der Waals surface area contributed by atoms with E-state index in [1.807, 2.05) is 34.7 Å². The van der Waals surface area contributed by atoms with Crippen molar-refractivity contribution in [2.45, 2.75) is 164 Å². The lowest BCUT2D eigenvalue weighted by Crippen LogP contribution is -2.36. The van der Waals surface area contributed by atoms with E-state index in [2.05, 4.69) is 113 Å². The molecule has 2 unspecified atom stereocenters. The molecule has 29 nitrogen and oxygen atoms in total. The van der Waals surface area contributed by atoms with Crippen LogP contribution in [-0.2, 0) is 9.47 Å². The highest BCUT2D eigenvalue weighted by atomic mass is 127. The number of aromatic nitrogens is 12. The molecule has 0 spiro atoms. The van der Waals surface area contributed by atoms with Gasteiger partial charge in [-0.1, -0.05) is 71.0 Å². The number of benzene rings is 4. The van der Waals surface area contributed by atoms with E-state index in [1.165, 1.54) is 86.9 Å². The van der Waals surface area contributed by atoms with E-state index in [-0.39, 0.29) is 109 Å². The minimum atomic E-state index is -0.839. The minimum absolute atomic E-state index is 0. The summed E-state index contributed by atoms with van der Waals surface area (Å²) in [7, 11) is 6.77. The number of carbonyl (C=O) groups is 3. The van der Waals surface area contributed by atoms with E-state index < -0.39 is 59.4 Å². The van der Waals surface area contributed by atoms with Gasteiger partial charge in [-0.3, -0.25) is 4.79 Å². The average Bonchev–Trinajstić information content (AvgIpc) is 1.66. The van der Waals surface area contributed by atoms with Gasteiger partial charge >= 0.3 is 12.2 Å². The molecule has 0 radical (unpaired) electrons. The van der Waals surface area contributed by atoms with Crippen molar-refractivity contribution in [3.8, 4) is 40.6 Å². The lowest BCUT2D eigenvalue weighted by molar-refractivity contribution is 0.0268. The van der Waals surface area contributed by atoms with Crippen LogP contribution >= 0.6 is 91.8 Å². The third-order valence-corrected chi connectivity index (χ3v) is 18.9. The van der Waals surface area contributed by atoms with Crippen LogP contribution in [0.1, 0.15) is 186 Å². The summed E-state index contributed by atoms with van der Waals surface area (Å²) in [6.45, 7) is 20.6. The topological polar surface area (TPSA) is 297 Å². The zero-order valence-corrected chi connectivity index (χ0v) is 74.4. The number of aliphatic hydroxyl groups is 1. The van der Waals surface area contributed by atoms with Crippen LogP contribution in [-0.4, -0.2) is 188 Å². The molecule has 4 atom stereocenters. The summed E-state index contributed by atoms with van der Waals surface area (Å²) in [5.41, 5.74) is 3.99. The van der Waals surface area contributed by atoms with Crippen molar-refractivity contribution in [2.24, 2.45) is 0 Å². The molecule has 4 aromatic carbocycles. The van der Waals surface area contributed by atoms with Crippen molar-refractivity contribution in [1.82, 2.24) is 78.4 Å². The molecule has 0 aliphatic carbocycles. The maximum Gasteiger partial charge on any atom is 0.410 e. The van der Waals surface area contributed by atoms with Crippen molar-refractivity contribution in [3.63, 3.8) is 0 Å². The summed E-state index contributed by atoms with van der Waals surface area (Å²) in [5, 5.41) is 29.7. The molecule has 125 heavy (non-hydrogen) atoms.